The zero-order valence-corrected chi connectivity index (χ0v) is 20.7. The molecule has 6 rings (SSSR count). The number of carbonyl (C=O) groups excluding carboxylic acids is 1. The van der Waals surface area contributed by atoms with Crippen LogP contribution in [0.5, 0.6) is 0 Å². The first-order chi connectivity index (χ1) is 17.3. The predicted molar refractivity (Wildman–Crippen MR) is 128 cm³/mol. The molecule has 1 aliphatic heterocycles. The Balaban J connectivity index is 1.45. The molecule has 0 amide bonds. The van der Waals surface area contributed by atoms with Crippen molar-refractivity contribution in [3.8, 4) is 5.69 Å². The van der Waals surface area contributed by atoms with Crippen molar-refractivity contribution < 1.29 is 17.6 Å². The van der Waals surface area contributed by atoms with Crippen LogP contribution in [0, 0.1) is 11.2 Å². The molecular weight excluding hydrogens is 505 g/mol. The van der Waals surface area contributed by atoms with E-state index in [-0.39, 0.29) is 36.1 Å². The van der Waals surface area contributed by atoms with E-state index in [4.69, 9.17) is 0 Å². The summed E-state index contributed by atoms with van der Waals surface area (Å²) >= 11 is 1.23. The van der Waals surface area contributed by atoms with Crippen molar-refractivity contribution in [2.75, 3.05) is 13.1 Å². The fourth-order valence-electron chi connectivity index (χ4n) is 5.00. The molecule has 2 aliphatic rings. The molecule has 0 radical (unpaired) electrons. The van der Waals surface area contributed by atoms with Gasteiger partial charge in [0.15, 0.2) is 10.0 Å². The SMILES string of the molecule is Cn1nncc1S(=O)(=O)N1CCC2=Cc3c(cnn3-c3ccc(F)cc3)CC2(C(=O)c2nccs2)C1. The van der Waals surface area contributed by atoms with Crippen LogP contribution in [0.15, 0.2) is 58.8 Å². The van der Waals surface area contributed by atoms with Gasteiger partial charge in [0.1, 0.15) is 5.82 Å². The summed E-state index contributed by atoms with van der Waals surface area (Å²) in [5, 5.41) is 14.0. The monoisotopic (exact) mass is 525 g/mol. The molecule has 184 valence electrons. The number of rotatable bonds is 5. The molecule has 0 bridgehead atoms. The summed E-state index contributed by atoms with van der Waals surface area (Å²) < 4.78 is 44.7. The van der Waals surface area contributed by atoms with Gasteiger partial charge in [-0.1, -0.05) is 10.8 Å². The number of benzene rings is 1. The number of sulfonamides is 1. The van der Waals surface area contributed by atoms with Gasteiger partial charge in [0.2, 0.25) is 5.78 Å². The average Bonchev–Trinajstić information content (AvgIpc) is 3.63. The molecule has 4 aromatic rings. The number of hydrogen-bond donors (Lipinski definition) is 0. The molecule has 1 aliphatic carbocycles. The molecule has 1 aromatic carbocycles. The van der Waals surface area contributed by atoms with Gasteiger partial charge in [0, 0.05) is 31.7 Å². The Kier molecular flexibility index (Phi) is 5.24. The normalized spacial score (nSPS) is 20.0. The van der Waals surface area contributed by atoms with Gasteiger partial charge in [-0.3, -0.25) is 4.79 Å². The molecule has 10 nitrogen and oxygen atoms in total. The summed E-state index contributed by atoms with van der Waals surface area (Å²) in [5.41, 5.74) is 1.99. The number of thiazole rings is 1. The molecule has 1 saturated heterocycles. The number of fused-ring (bicyclic) bond motifs is 2. The fourth-order valence-corrected chi connectivity index (χ4v) is 7.21. The topological polar surface area (TPSA) is 116 Å². The molecule has 0 spiro atoms. The summed E-state index contributed by atoms with van der Waals surface area (Å²) in [5.74, 6) is -0.560. The summed E-state index contributed by atoms with van der Waals surface area (Å²) in [7, 11) is -2.42. The van der Waals surface area contributed by atoms with Gasteiger partial charge in [-0.2, -0.15) is 9.40 Å². The summed E-state index contributed by atoms with van der Waals surface area (Å²) in [4.78, 5) is 18.2. The number of ketones is 1. The van der Waals surface area contributed by atoms with Crippen molar-refractivity contribution in [1.29, 1.82) is 0 Å². The zero-order valence-electron chi connectivity index (χ0n) is 19.1. The minimum Gasteiger partial charge on any atom is -0.290 e. The van der Waals surface area contributed by atoms with E-state index < -0.39 is 15.4 Å². The van der Waals surface area contributed by atoms with E-state index in [1.807, 2.05) is 6.08 Å². The molecule has 1 unspecified atom stereocenters. The highest BCUT2D eigenvalue weighted by molar-refractivity contribution is 7.89. The number of Topliss-reactive ketones (excluding diaryl/α,β-unsaturated/α-hetero) is 1. The molecule has 4 heterocycles. The quantitative estimate of drug-likeness (QED) is 0.368. The first-order valence-corrected chi connectivity index (χ1v) is 13.4. The summed E-state index contributed by atoms with van der Waals surface area (Å²) in [6.07, 6.45) is 7.01. The largest absolute Gasteiger partial charge is 0.290 e. The second-order valence-electron chi connectivity index (χ2n) is 8.82. The third-order valence-electron chi connectivity index (χ3n) is 6.79. The smallest absolute Gasteiger partial charge is 0.261 e. The third kappa shape index (κ3) is 3.45. The molecular formula is C23H20FN7O3S2. The van der Waals surface area contributed by atoms with Crippen molar-refractivity contribution in [1.82, 2.24) is 34.1 Å². The lowest BCUT2D eigenvalue weighted by molar-refractivity contribution is 0.0775. The Morgan fingerprint density at radius 1 is 1.19 bits per heavy atom. The molecule has 0 saturated carbocycles. The van der Waals surface area contributed by atoms with Gasteiger partial charge in [0.25, 0.3) is 10.0 Å². The van der Waals surface area contributed by atoms with Crippen LogP contribution < -0.4 is 0 Å². The Labute approximate surface area is 209 Å². The molecule has 36 heavy (non-hydrogen) atoms. The summed E-state index contributed by atoms with van der Waals surface area (Å²) in [6.45, 7) is 0.165. The van der Waals surface area contributed by atoms with Gasteiger partial charge < -0.3 is 0 Å². The highest BCUT2D eigenvalue weighted by atomic mass is 32.2. The standard InChI is InChI=1S/C23H20FN7O3S2/c1-29-20(13-26-28-29)36(33,34)30-8-6-16-10-19-15(12-27-31(19)18-4-2-17(24)3-5-18)11-23(16,14-30)21(32)22-25-7-9-35-22/h2-5,7,9-10,12-13H,6,8,11,14H2,1H3. The first kappa shape index (κ1) is 22.9. The molecule has 1 fully saturated rings. The highest BCUT2D eigenvalue weighted by Crippen LogP contribution is 2.47. The Morgan fingerprint density at radius 3 is 2.69 bits per heavy atom. The maximum absolute atomic E-state index is 14.0. The van der Waals surface area contributed by atoms with Crippen molar-refractivity contribution in [2.45, 2.75) is 17.9 Å². The molecule has 13 heteroatoms. The van der Waals surface area contributed by atoms with E-state index in [9.17, 15) is 17.6 Å². The van der Waals surface area contributed by atoms with E-state index in [2.05, 4.69) is 20.4 Å². The lowest BCUT2D eigenvalue weighted by Gasteiger charge is -2.44. The van der Waals surface area contributed by atoms with Crippen LogP contribution >= 0.6 is 11.3 Å². The Bertz CT molecular complexity index is 1610. The second-order valence-corrected chi connectivity index (χ2v) is 11.6. The van der Waals surface area contributed by atoms with Gasteiger partial charge in [0.05, 0.1) is 29.2 Å². The van der Waals surface area contributed by atoms with Gasteiger partial charge in [-0.05, 0) is 48.7 Å². The number of hydrogen-bond acceptors (Lipinski definition) is 8. The summed E-state index contributed by atoms with van der Waals surface area (Å²) in [6, 6.07) is 6.01. The highest BCUT2D eigenvalue weighted by Gasteiger charge is 2.52. The number of nitrogens with zero attached hydrogens (tertiary/aromatic N) is 7. The maximum Gasteiger partial charge on any atom is 0.261 e. The number of aromatic nitrogens is 6. The minimum atomic E-state index is -3.94. The maximum atomic E-state index is 14.0. The first-order valence-electron chi connectivity index (χ1n) is 11.1. The van der Waals surface area contributed by atoms with E-state index in [0.717, 1.165) is 16.8 Å². The van der Waals surface area contributed by atoms with Gasteiger partial charge >= 0.3 is 0 Å². The van der Waals surface area contributed by atoms with Gasteiger partial charge in [-0.15, -0.1) is 16.4 Å². The molecule has 1 atom stereocenters. The van der Waals surface area contributed by atoms with Crippen LogP contribution in [-0.2, 0) is 23.5 Å². The Hall–Kier alpha value is -3.55. The van der Waals surface area contributed by atoms with Crippen LogP contribution in [0.1, 0.15) is 27.5 Å². The van der Waals surface area contributed by atoms with Gasteiger partial charge in [-0.25, -0.2) is 27.2 Å². The second kappa shape index (κ2) is 8.25. The number of aryl methyl sites for hydroxylation is 1. The van der Waals surface area contributed by atoms with E-state index in [0.29, 0.717) is 17.1 Å². The zero-order chi connectivity index (χ0) is 25.1. The number of carbonyl (C=O) groups is 1. The van der Waals surface area contributed by atoms with E-state index in [1.165, 1.54) is 45.7 Å². The van der Waals surface area contributed by atoms with E-state index >= 15 is 0 Å². The van der Waals surface area contributed by atoms with Crippen molar-refractivity contribution >= 4 is 33.2 Å². The van der Waals surface area contributed by atoms with Crippen molar-refractivity contribution in [2.24, 2.45) is 12.5 Å². The molecule has 0 N–H and O–H groups in total. The average molecular weight is 526 g/mol. The van der Waals surface area contributed by atoms with Crippen LogP contribution in [0.4, 0.5) is 4.39 Å². The lowest BCUT2D eigenvalue weighted by atomic mass is 9.66. The van der Waals surface area contributed by atoms with Crippen LogP contribution in [0.2, 0.25) is 0 Å². The van der Waals surface area contributed by atoms with Crippen molar-refractivity contribution in [3.63, 3.8) is 0 Å². The van der Waals surface area contributed by atoms with Crippen LogP contribution in [0.3, 0.4) is 0 Å². The minimum absolute atomic E-state index is 0.0348. The Morgan fingerprint density at radius 2 is 2.00 bits per heavy atom. The number of halogens is 1. The predicted octanol–water partition coefficient (Wildman–Crippen LogP) is 2.50. The van der Waals surface area contributed by atoms with Crippen LogP contribution in [-0.4, -0.2) is 61.4 Å². The third-order valence-corrected chi connectivity index (χ3v) is 9.45. The molecule has 3 aromatic heterocycles. The van der Waals surface area contributed by atoms with Crippen molar-refractivity contribution in [3.05, 3.63) is 75.9 Å². The van der Waals surface area contributed by atoms with E-state index in [1.54, 1.807) is 34.6 Å². The fraction of sp³-hybridized carbons (Fsp3) is 0.261. The van der Waals surface area contributed by atoms with Crippen LogP contribution in [0.25, 0.3) is 11.8 Å². The number of piperidine rings is 1. The lowest BCUT2D eigenvalue weighted by Crippen LogP contribution is -2.53.